The van der Waals surface area contributed by atoms with Gasteiger partial charge in [-0.3, -0.25) is 4.79 Å². The van der Waals surface area contributed by atoms with E-state index in [2.05, 4.69) is 35.6 Å². The number of piperidine rings is 1. The third-order valence-electron chi connectivity index (χ3n) is 3.99. The van der Waals surface area contributed by atoms with Gasteiger partial charge in [-0.2, -0.15) is 0 Å². The van der Waals surface area contributed by atoms with Gasteiger partial charge in [0.05, 0.1) is 6.20 Å². The molecule has 1 saturated heterocycles. The van der Waals surface area contributed by atoms with Crippen molar-refractivity contribution < 1.29 is 9.53 Å². The highest BCUT2D eigenvalue weighted by Crippen LogP contribution is 2.26. The summed E-state index contributed by atoms with van der Waals surface area (Å²) < 4.78 is 9.92. The first kappa shape index (κ1) is 15.0. The van der Waals surface area contributed by atoms with Crippen molar-refractivity contribution >= 4 is 17.4 Å². The second kappa shape index (κ2) is 6.44. The molecule has 0 bridgehead atoms. The molecule has 0 unspecified atom stereocenters. The van der Waals surface area contributed by atoms with E-state index in [0.29, 0.717) is 18.0 Å². The predicted molar refractivity (Wildman–Crippen MR) is 85.4 cm³/mol. The Morgan fingerprint density at radius 1 is 1.27 bits per heavy atom. The van der Waals surface area contributed by atoms with Crippen molar-refractivity contribution in [2.45, 2.75) is 32.8 Å². The van der Waals surface area contributed by atoms with E-state index in [9.17, 15) is 4.79 Å². The molecule has 1 amide bonds. The van der Waals surface area contributed by atoms with E-state index in [-0.39, 0.29) is 12.0 Å². The number of likely N-dealkylation sites (tertiary alicyclic amines) is 1. The van der Waals surface area contributed by atoms with E-state index in [1.54, 1.807) is 0 Å². The van der Waals surface area contributed by atoms with Crippen LogP contribution >= 0.6 is 11.5 Å². The Kier molecular flexibility index (Phi) is 4.38. The van der Waals surface area contributed by atoms with Crippen molar-refractivity contribution in [2.75, 3.05) is 13.1 Å². The SMILES string of the molecule is Cc1cccc(C)c1OC1CCN(C(=O)c2cnns2)CC1. The Labute approximate surface area is 134 Å². The van der Waals surface area contributed by atoms with Gasteiger partial charge in [-0.05, 0) is 36.5 Å². The molecular weight excluding hydrogens is 298 g/mol. The van der Waals surface area contributed by atoms with E-state index >= 15 is 0 Å². The van der Waals surface area contributed by atoms with Crippen LogP contribution < -0.4 is 4.74 Å². The van der Waals surface area contributed by atoms with Gasteiger partial charge in [0.2, 0.25) is 0 Å². The molecule has 2 heterocycles. The van der Waals surface area contributed by atoms with Crippen LogP contribution in [0, 0.1) is 13.8 Å². The molecule has 1 aliphatic heterocycles. The number of benzene rings is 1. The van der Waals surface area contributed by atoms with Gasteiger partial charge in [-0.15, -0.1) is 5.10 Å². The van der Waals surface area contributed by atoms with Crippen molar-refractivity contribution in [1.29, 1.82) is 0 Å². The number of aryl methyl sites for hydroxylation is 2. The van der Waals surface area contributed by atoms with Crippen LogP contribution in [-0.4, -0.2) is 39.6 Å². The summed E-state index contributed by atoms with van der Waals surface area (Å²) in [7, 11) is 0. The number of rotatable bonds is 3. The molecule has 0 aliphatic carbocycles. The monoisotopic (exact) mass is 317 g/mol. The number of aromatic nitrogens is 2. The summed E-state index contributed by atoms with van der Waals surface area (Å²) in [5, 5.41) is 3.72. The number of ether oxygens (including phenoxy) is 1. The van der Waals surface area contributed by atoms with Gasteiger partial charge in [-0.25, -0.2) is 0 Å². The van der Waals surface area contributed by atoms with Crippen LogP contribution in [0.25, 0.3) is 0 Å². The number of carbonyl (C=O) groups excluding carboxylic acids is 1. The minimum Gasteiger partial charge on any atom is -0.490 e. The minimum absolute atomic E-state index is 0.0283. The third kappa shape index (κ3) is 3.11. The van der Waals surface area contributed by atoms with Crippen LogP contribution in [-0.2, 0) is 0 Å². The van der Waals surface area contributed by atoms with Gasteiger partial charge >= 0.3 is 0 Å². The summed E-state index contributed by atoms with van der Waals surface area (Å²) in [5.74, 6) is 1.01. The van der Waals surface area contributed by atoms with E-state index in [4.69, 9.17) is 4.74 Å². The summed E-state index contributed by atoms with van der Waals surface area (Å²) in [6, 6.07) is 6.18. The van der Waals surface area contributed by atoms with Crippen molar-refractivity contribution in [2.24, 2.45) is 0 Å². The summed E-state index contributed by atoms with van der Waals surface area (Å²) in [6.07, 6.45) is 3.41. The number of carbonyl (C=O) groups is 1. The third-order valence-corrected chi connectivity index (χ3v) is 4.65. The van der Waals surface area contributed by atoms with Crippen molar-refractivity contribution in [3.8, 4) is 5.75 Å². The van der Waals surface area contributed by atoms with Crippen molar-refractivity contribution in [3.05, 3.63) is 40.4 Å². The zero-order chi connectivity index (χ0) is 15.5. The number of amides is 1. The lowest BCUT2D eigenvalue weighted by molar-refractivity contribution is 0.0597. The van der Waals surface area contributed by atoms with E-state index in [1.165, 1.54) is 6.20 Å². The molecule has 1 aromatic carbocycles. The molecule has 0 spiro atoms. The van der Waals surface area contributed by atoms with Crippen molar-refractivity contribution in [1.82, 2.24) is 14.5 Å². The maximum atomic E-state index is 12.2. The minimum atomic E-state index is 0.0283. The van der Waals surface area contributed by atoms with Crippen LogP contribution in [0.5, 0.6) is 5.75 Å². The van der Waals surface area contributed by atoms with Gasteiger partial charge < -0.3 is 9.64 Å². The highest BCUT2D eigenvalue weighted by molar-refractivity contribution is 7.07. The molecule has 1 fully saturated rings. The number of hydrogen-bond acceptors (Lipinski definition) is 5. The van der Waals surface area contributed by atoms with Crippen molar-refractivity contribution in [3.63, 3.8) is 0 Å². The lowest BCUT2D eigenvalue weighted by Gasteiger charge is -2.32. The summed E-state index contributed by atoms with van der Waals surface area (Å²) in [5.41, 5.74) is 2.32. The second-order valence-electron chi connectivity index (χ2n) is 5.61. The van der Waals surface area contributed by atoms with Crippen LogP contribution in [0.2, 0.25) is 0 Å². The smallest absolute Gasteiger partial charge is 0.267 e. The van der Waals surface area contributed by atoms with Gasteiger partial charge in [0, 0.05) is 25.9 Å². The van der Waals surface area contributed by atoms with Gasteiger partial charge in [0.1, 0.15) is 16.7 Å². The average Bonchev–Trinajstić information content (AvgIpc) is 3.05. The first-order valence-corrected chi connectivity index (χ1v) is 8.22. The zero-order valence-electron chi connectivity index (χ0n) is 12.8. The highest BCUT2D eigenvalue weighted by atomic mass is 32.1. The molecule has 5 nitrogen and oxygen atoms in total. The first-order valence-electron chi connectivity index (χ1n) is 7.44. The van der Waals surface area contributed by atoms with Gasteiger partial charge in [-0.1, -0.05) is 22.7 Å². The number of para-hydroxylation sites is 1. The van der Waals surface area contributed by atoms with Gasteiger partial charge in [0.15, 0.2) is 0 Å². The Morgan fingerprint density at radius 2 is 1.95 bits per heavy atom. The van der Waals surface area contributed by atoms with E-state index in [1.807, 2.05) is 11.0 Å². The predicted octanol–water partition coefficient (Wildman–Crippen LogP) is 2.84. The Hall–Kier alpha value is -1.95. The molecule has 3 rings (SSSR count). The molecule has 0 radical (unpaired) electrons. The average molecular weight is 317 g/mol. The topological polar surface area (TPSA) is 55.3 Å². The molecule has 116 valence electrons. The van der Waals surface area contributed by atoms with Crippen LogP contribution in [0.1, 0.15) is 33.6 Å². The Bertz CT molecular complexity index is 629. The standard InChI is InChI=1S/C16H19N3O2S/c1-11-4-3-5-12(2)15(11)21-13-6-8-19(9-7-13)16(20)14-10-17-18-22-14/h3-5,10,13H,6-9H2,1-2H3. The molecule has 0 atom stereocenters. The molecule has 1 aromatic heterocycles. The lowest BCUT2D eigenvalue weighted by Crippen LogP contribution is -2.41. The van der Waals surface area contributed by atoms with E-state index in [0.717, 1.165) is 41.3 Å². The molecule has 0 saturated carbocycles. The fourth-order valence-corrected chi connectivity index (χ4v) is 3.23. The summed E-state index contributed by atoms with van der Waals surface area (Å²) in [4.78, 5) is 14.7. The highest BCUT2D eigenvalue weighted by Gasteiger charge is 2.26. The fraction of sp³-hybridized carbons (Fsp3) is 0.438. The zero-order valence-corrected chi connectivity index (χ0v) is 13.6. The molecule has 6 heteroatoms. The second-order valence-corrected chi connectivity index (χ2v) is 6.40. The van der Waals surface area contributed by atoms with Crippen LogP contribution in [0.3, 0.4) is 0 Å². The quantitative estimate of drug-likeness (QED) is 0.873. The maximum absolute atomic E-state index is 12.2. The normalized spacial score (nSPS) is 15.8. The number of hydrogen-bond donors (Lipinski definition) is 0. The summed E-state index contributed by atoms with van der Waals surface area (Å²) in [6.45, 7) is 5.56. The summed E-state index contributed by atoms with van der Waals surface area (Å²) >= 11 is 1.15. The van der Waals surface area contributed by atoms with Gasteiger partial charge in [0.25, 0.3) is 5.91 Å². The van der Waals surface area contributed by atoms with Crippen LogP contribution in [0.15, 0.2) is 24.4 Å². The van der Waals surface area contributed by atoms with Crippen LogP contribution in [0.4, 0.5) is 0 Å². The Balaban J connectivity index is 1.59. The molecular formula is C16H19N3O2S. The number of nitrogens with zero attached hydrogens (tertiary/aromatic N) is 3. The lowest BCUT2D eigenvalue weighted by atomic mass is 10.1. The first-order chi connectivity index (χ1) is 10.6. The molecule has 2 aromatic rings. The largest absolute Gasteiger partial charge is 0.490 e. The fourth-order valence-electron chi connectivity index (χ4n) is 2.75. The van der Waals surface area contributed by atoms with E-state index < -0.39 is 0 Å². The Morgan fingerprint density at radius 3 is 2.55 bits per heavy atom. The maximum Gasteiger partial charge on any atom is 0.267 e. The molecule has 0 N–H and O–H groups in total. The molecule has 1 aliphatic rings. The molecule has 22 heavy (non-hydrogen) atoms.